The fourth-order valence-corrected chi connectivity index (χ4v) is 3.49. The highest BCUT2D eigenvalue weighted by atomic mass is 35.5. The van der Waals surface area contributed by atoms with Crippen LogP contribution in [0.2, 0.25) is 5.02 Å². The highest BCUT2D eigenvalue weighted by Crippen LogP contribution is 2.38. The van der Waals surface area contributed by atoms with Crippen LogP contribution in [0, 0.1) is 0 Å². The number of ether oxygens (including phenoxy) is 1. The van der Waals surface area contributed by atoms with Crippen LogP contribution in [-0.4, -0.2) is 21.4 Å². The Morgan fingerprint density at radius 3 is 2.80 bits per heavy atom. The number of fused-ring (bicyclic) bond motifs is 1. The van der Waals surface area contributed by atoms with Crippen LogP contribution in [0.25, 0.3) is 0 Å². The molecule has 0 amide bonds. The molecule has 2 heterocycles. The Hall–Kier alpha value is -2.53. The smallest absolute Gasteiger partial charge is 0.222 e. The van der Waals surface area contributed by atoms with Crippen molar-refractivity contribution in [3.05, 3.63) is 71.0 Å². The molecule has 0 spiro atoms. The minimum Gasteiger partial charge on any atom is -0.494 e. The molecule has 0 aliphatic carbocycles. The lowest BCUT2D eigenvalue weighted by Crippen LogP contribution is -2.28. The van der Waals surface area contributed by atoms with E-state index in [4.69, 9.17) is 16.3 Å². The lowest BCUT2D eigenvalue weighted by molar-refractivity contribution is 0.340. The van der Waals surface area contributed by atoms with Gasteiger partial charge in [0.1, 0.15) is 12.1 Å². The zero-order chi connectivity index (χ0) is 17.2. The van der Waals surface area contributed by atoms with Crippen LogP contribution in [0.1, 0.15) is 36.6 Å². The van der Waals surface area contributed by atoms with E-state index in [9.17, 15) is 0 Å². The first-order valence-electron chi connectivity index (χ1n) is 8.39. The van der Waals surface area contributed by atoms with E-state index in [2.05, 4.69) is 33.6 Å². The van der Waals surface area contributed by atoms with E-state index in [1.165, 1.54) is 5.56 Å². The molecule has 4 rings (SSSR count). The van der Waals surface area contributed by atoms with Crippen molar-refractivity contribution in [2.24, 2.45) is 0 Å². The first-order valence-corrected chi connectivity index (χ1v) is 8.76. The molecule has 2 atom stereocenters. The van der Waals surface area contributed by atoms with E-state index in [1.807, 2.05) is 41.9 Å². The Kier molecular flexibility index (Phi) is 4.32. The van der Waals surface area contributed by atoms with Gasteiger partial charge in [0.05, 0.1) is 18.7 Å². The van der Waals surface area contributed by atoms with Crippen LogP contribution < -0.4 is 10.1 Å². The molecule has 0 bridgehead atoms. The molecule has 128 valence electrons. The molecule has 0 saturated carbocycles. The van der Waals surface area contributed by atoms with E-state index in [1.54, 1.807) is 6.33 Å². The Morgan fingerprint density at radius 2 is 2.04 bits per heavy atom. The number of rotatable bonds is 4. The predicted octanol–water partition coefficient (Wildman–Crippen LogP) is 4.48. The van der Waals surface area contributed by atoms with Gasteiger partial charge in [0, 0.05) is 5.02 Å². The third-order valence-corrected chi connectivity index (χ3v) is 4.69. The molecule has 1 aliphatic rings. The van der Waals surface area contributed by atoms with Gasteiger partial charge in [-0.3, -0.25) is 0 Å². The summed E-state index contributed by atoms with van der Waals surface area (Å²) < 4.78 is 7.46. The van der Waals surface area contributed by atoms with Gasteiger partial charge < -0.3 is 10.1 Å². The molecule has 0 saturated heterocycles. The summed E-state index contributed by atoms with van der Waals surface area (Å²) >= 11 is 6.19. The van der Waals surface area contributed by atoms with Gasteiger partial charge in [-0.05, 0) is 48.7 Å². The van der Waals surface area contributed by atoms with Crippen LogP contribution in [0.4, 0.5) is 5.95 Å². The fourth-order valence-electron chi connectivity index (χ4n) is 3.29. The lowest BCUT2D eigenvalue weighted by atomic mass is 9.93. The van der Waals surface area contributed by atoms with E-state index >= 15 is 0 Å². The molecule has 0 radical (unpaired) electrons. The molecule has 1 N–H and O–H groups in total. The van der Waals surface area contributed by atoms with Crippen molar-refractivity contribution in [1.29, 1.82) is 0 Å². The molecule has 5 nitrogen and oxygen atoms in total. The Bertz CT molecular complexity index is 862. The highest BCUT2D eigenvalue weighted by molar-refractivity contribution is 6.30. The quantitative estimate of drug-likeness (QED) is 0.750. The number of anilines is 1. The fraction of sp³-hybridized carbons (Fsp3) is 0.263. The number of benzene rings is 2. The van der Waals surface area contributed by atoms with Gasteiger partial charge in [0.2, 0.25) is 5.95 Å². The van der Waals surface area contributed by atoms with Crippen LogP contribution in [0.3, 0.4) is 0 Å². The van der Waals surface area contributed by atoms with Gasteiger partial charge in [-0.15, -0.1) is 0 Å². The van der Waals surface area contributed by atoms with Gasteiger partial charge >= 0.3 is 0 Å². The zero-order valence-corrected chi connectivity index (χ0v) is 14.6. The van der Waals surface area contributed by atoms with E-state index in [0.717, 1.165) is 28.7 Å². The van der Waals surface area contributed by atoms with Gasteiger partial charge in [-0.1, -0.05) is 35.9 Å². The lowest BCUT2D eigenvalue weighted by Gasteiger charge is -2.32. The summed E-state index contributed by atoms with van der Waals surface area (Å²) in [5, 5.41) is 8.60. The van der Waals surface area contributed by atoms with Gasteiger partial charge in [0.25, 0.3) is 0 Å². The van der Waals surface area contributed by atoms with Crippen LogP contribution in [0.5, 0.6) is 5.75 Å². The third kappa shape index (κ3) is 3.20. The van der Waals surface area contributed by atoms with Crippen LogP contribution >= 0.6 is 11.6 Å². The minimum atomic E-state index is 0.0917. The Balaban J connectivity index is 1.66. The topological polar surface area (TPSA) is 52.0 Å². The van der Waals surface area contributed by atoms with Crippen LogP contribution in [-0.2, 0) is 0 Å². The number of hydrogen-bond acceptors (Lipinski definition) is 4. The first kappa shape index (κ1) is 16.0. The maximum absolute atomic E-state index is 6.19. The van der Waals surface area contributed by atoms with E-state index < -0.39 is 0 Å². The van der Waals surface area contributed by atoms with Gasteiger partial charge in [-0.25, -0.2) is 4.68 Å². The summed E-state index contributed by atoms with van der Waals surface area (Å²) in [6.07, 6.45) is 2.45. The second-order valence-corrected chi connectivity index (χ2v) is 6.47. The molecule has 3 aromatic rings. The van der Waals surface area contributed by atoms with Crippen molar-refractivity contribution in [2.75, 3.05) is 11.9 Å². The molecule has 2 aromatic carbocycles. The Morgan fingerprint density at radius 1 is 1.20 bits per heavy atom. The van der Waals surface area contributed by atoms with Crippen molar-refractivity contribution >= 4 is 17.5 Å². The SMILES string of the molecule is CCOc1ccc([C@H]2C[C@H](c3cccc(Cl)c3)n3ncnc3N2)cc1. The Labute approximate surface area is 151 Å². The van der Waals surface area contributed by atoms with Crippen molar-refractivity contribution < 1.29 is 4.74 Å². The van der Waals surface area contributed by atoms with Crippen molar-refractivity contribution in [1.82, 2.24) is 14.8 Å². The van der Waals surface area contributed by atoms with E-state index in [0.29, 0.717) is 6.61 Å². The molecular formula is C19H19ClN4O. The minimum absolute atomic E-state index is 0.0917. The maximum atomic E-state index is 6.19. The predicted molar refractivity (Wildman–Crippen MR) is 98.2 cm³/mol. The van der Waals surface area contributed by atoms with Crippen molar-refractivity contribution in [3.8, 4) is 5.75 Å². The second kappa shape index (κ2) is 6.76. The molecule has 0 fully saturated rings. The second-order valence-electron chi connectivity index (χ2n) is 6.03. The van der Waals surface area contributed by atoms with Crippen molar-refractivity contribution in [2.45, 2.75) is 25.4 Å². The summed E-state index contributed by atoms with van der Waals surface area (Å²) in [6, 6.07) is 16.4. The summed E-state index contributed by atoms with van der Waals surface area (Å²) in [4.78, 5) is 4.36. The number of hydrogen-bond donors (Lipinski definition) is 1. The first-order chi connectivity index (χ1) is 12.2. The molecule has 1 aromatic heterocycles. The third-order valence-electron chi connectivity index (χ3n) is 4.46. The summed E-state index contributed by atoms with van der Waals surface area (Å²) in [5.74, 6) is 1.66. The number of nitrogens with zero attached hydrogens (tertiary/aromatic N) is 3. The molecule has 0 unspecified atom stereocenters. The molecule has 1 aliphatic heterocycles. The van der Waals surface area contributed by atoms with E-state index in [-0.39, 0.29) is 12.1 Å². The standard InChI is InChI=1S/C19H19ClN4O/c1-2-25-16-8-6-13(7-9-16)17-11-18(14-4-3-5-15(20)10-14)24-19(23-17)21-12-22-24/h3-10,12,17-18H,2,11H2,1H3,(H,21,22,23)/t17-,18-/m1/s1. The summed E-state index contributed by atoms with van der Waals surface area (Å²) in [7, 11) is 0. The largest absolute Gasteiger partial charge is 0.494 e. The molecular weight excluding hydrogens is 336 g/mol. The van der Waals surface area contributed by atoms with Gasteiger partial charge in [0.15, 0.2) is 0 Å². The average Bonchev–Trinajstić information content (AvgIpc) is 3.10. The average molecular weight is 355 g/mol. The number of aromatic nitrogens is 3. The number of nitrogens with one attached hydrogen (secondary N) is 1. The van der Waals surface area contributed by atoms with Gasteiger partial charge in [-0.2, -0.15) is 10.1 Å². The summed E-state index contributed by atoms with van der Waals surface area (Å²) in [5.41, 5.74) is 2.33. The van der Waals surface area contributed by atoms with Crippen molar-refractivity contribution in [3.63, 3.8) is 0 Å². The normalized spacial score (nSPS) is 19.1. The van der Waals surface area contributed by atoms with Crippen LogP contribution in [0.15, 0.2) is 54.9 Å². The monoisotopic (exact) mass is 354 g/mol. The molecule has 6 heteroatoms. The number of halogens is 1. The summed E-state index contributed by atoms with van der Waals surface area (Å²) in [6.45, 7) is 2.65. The zero-order valence-electron chi connectivity index (χ0n) is 13.9. The highest BCUT2D eigenvalue weighted by Gasteiger charge is 2.29. The molecule has 25 heavy (non-hydrogen) atoms. The maximum Gasteiger partial charge on any atom is 0.222 e.